The minimum Gasteiger partial charge on any atom is -0.467 e. The first-order valence-corrected chi connectivity index (χ1v) is 10.7. The summed E-state index contributed by atoms with van der Waals surface area (Å²) in [5.41, 5.74) is 3.09. The van der Waals surface area contributed by atoms with Gasteiger partial charge in [-0.1, -0.05) is 18.2 Å². The maximum atomic E-state index is 12.9. The Morgan fingerprint density at radius 1 is 1.19 bits per heavy atom. The Balaban J connectivity index is 1.65. The minimum atomic E-state index is -0.290. The third kappa shape index (κ3) is 6.16. The predicted octanol–water partition coefficient (Wildman–Crippen LogP) is 3.96. The van der Waals surface area contributed by atoms with Crippen molar-refractivity contribution in [1.29, 1.82) is 0 Å². The summed E-state index contributed by atoms with van der Waals surface area (Å²) >= 11 is 1.34. The molecular weight excluding hydrogens is 416 g/mol. The second-order valence-corrected chi connectivity index (χ2v) is 7.94. The molecule has 3 amide bonds. The highest BCUT2D eigenvalue weighted by Gasteiger charge is 2.19. The fourth-order valence-electron chi connectivity index (χ4n) is 2.97. The monoisotopic (exact) mass is 442 g/mol. The second-order valence-electron chi connectivity index (χ2n) is 7.00. The molecule has 31 heavy (non-hydrogen) atoms. The molecule has 164 valence electrons. The van der Waals surface area contributed by atoms with Gasteiger partial charge in [-0.05, 0) is 37.1 Å². The molecule has 3 rings (SSSR count). The summed E-state index contributed by atoms with van der Waals surface area (Å²) in [5.74, 6) is 0.375. The van der Waals surface area contributed by atoms with E-state index in [0.29, 0.717) is 29.6 Å². The molecule has 0 fully saturated rings. The van der Waals surface area contributed by atoms with Gasteiger partial charge in [0, 0.05) is 24.7 Å². The smallest absolute Gasteiger partial charge is 0.322 e. The van der Waals surface area contributed by atoms with Crippen molar-refractivity contribution in [2.45, 2.75) is 26.9 Å². The van der Waals surface area contributed by atoms with E-state index >= 15 is 0 Å². The van der Waals surface area contributed by atoms with Gasteiger partial charge in [-0.3, -0.25) is 4.79 Å². The Bertz CT molecular complexity index is 996. The Morgan fingerprint density at radius 3 is 2.65 bits per heavy atom. The van der Waals surface area contributed by atoms with Crippen LogP contribution in [0.1, 0.15) is 32.4 Å². The van der Waals surface area contributed by atoms with Gasteiger partial charge in [0.25, 0.3) is 5.91 Å². The van der Waals surface area contributed by atoms with Crippen LogP contribution in [0.4, 0.5) is 10.5 Å². The molecule has 0 aliphatic rings. The first kappa shape index (κ1) is 22.5. The maximum Gasteiger partial charge on any atom is 0.322 e. The van der Waals surface area contributed by atoms with Gasteiger partial charge in [0.05, 0.1) is 26.0 Å². The quantitative estimate of drug-likeness (QED) is 0.523. The molecule has 0 atom stereocenters. The Hall–Kier alpha value is -3.17. The van der Waals surface area contributed by atoms with Gasteiger partial charge in [0.2, 0.25) is 0 Å². The molecule has 2 heterocycles. The molecule has 1 aromatic carbocycles. The molecule has 9 heteroatoms. The average molecular weight is 443 g/mol. The van der Waals surface area contributed by atoms with E-state index in [1.807, 2.05) is 32.0 Å². The summed E-state index contributed by atoms with van der Waals surface area (Å²) in [6, 6.07) is 9.17. The van der Waals surface area contributed by atoms with Gasteiger partial charge in [0.15, 0.2) is 0 Å². The molecule has 8 nitrogen and oxygen atoms in total. The van der Waals surface area contributed by atoms with Gasteiger partial charge >= 0.3 is 6.03 Å². The van der Waals surface area contributed by atoms with Crippen LogP contribution in [0, 0.1) is 13.8 Å². The third-order valence-corrected chi connectivity index (χ3v) is 5.51. The number of nitrogens with zero attached hydrogens (tertiary/aromatic N) is 2. The maximum absolute atomic E-state index is 12.9. The summed E-state index contributed by atoms with van der Waals surface area (Å²) in [6.07, 6.45) is 1.56. The number of thiazole rings is 1. The number of amides is 3. The third-order valence-electron chi connectivity index (χ3n) is 4.68. The molecule has 0 spiro atoms. The van der Waals surface area contributed by atoms with Crippen molar-refractivity contribution in [1.82, 2.24) is 15.2 Å². The number of methoxy groups -OCH3 is 1. The zero-order valence-corrected chi connectivity index (χ0v) is 18.6. The van der Waals surface area contributed by atoms with Crippen molar-refractivity contribution >= 4 is 29.0 Å². The Morgan fingerprint density at radius 2 is 1.97 bits per heavy atom. The summed E-state index contributed by atoms with van der Waals surface area (Å²) in [5, 5.41) is 8.11. The summed E-state index contributed by atoms with van der Waals surface area (Å²) in [6.45, 7) is 5.26. The largest absolute Gasteiger partial charge is 0.467 e. The van der Waals surface area contributed by atoms with Gasteiger partial charge in [-0.25, -0.2) is 9.78 Å². The fraction of sp³-hybridized carbons (Fsp3) is 0.318. The molecule has 0 saturated heterocycles. The highest BCUT2D eigenvalue weighted by Crippen LogP contribution is 2.21. The van der Waals surface area contributed by atoms with E-state index in [-0.39, 0.29) is 25.0 Å². The molecule has 0 saturated carbocycles. The Labute approximate surface area is 185 Å². The molecule has 3 aromatic rings. The Kier molecular flexibility index (Phi) is 7.80. The first-order valence-electron chi connectivity index (χ1n) is 9.84. The van der Waals surface area contributed by atoms with Crippen LogP contribution in [-0.2, 0) is 17.8 Å². The van der Waals surface area contributed by atoms with Crippen molar-refractivity contribution in [2.24, 2.45) is 0 Å². The summed E-state index contributed by atoms with van der Waals surface area (Å²) < 4.78 is 10.4. The molecule has 0 aliphatic heterocycles. The van der Waals surface area contributed by atoms with E-state index in [1.165, 1.54) is 11.3 Å². The van der Waals surface area contributed by atoms with E-state index in [4.69, 9.17) is 9.15 Å². The van der Waals surface area contributed by atoms with Crippen LogP contribution < -0.4 is 10.6 Å². The molecule has 0 aliphatic carbocycles. The van der Waals surface area contributed by atoms with Gasteiger partial charge in [0.1, 0.15) is 16.5 Å². The van der Waals surface area contributed by atoms with Crippen molar-refractivity contribution < 1.29 is 18.7 Å². The van der Waals surface area contributed by atoms with Gasteiger partial charge < -0.3 is 24.7 Å². The van der Waals surface area contributed by atoms with E-state index in [9.17, 15) is 9.59 Å². The lowest BCUT2D eigenvalue weighted by molar-refractivity contribution is 0.0943. The average Bonchev–Trinajstić information content (AvgIpc) is 3.44. The number of ether oxygens (including phenoxy) is 1. The lowest BCUT2D eigenvalue weighted by Crippen LogP contribution is -2.37. The molecule has 0 bridgehead atoms. The number of furan rings is 1. The number of hydrogen-bond acceptors (Lipinski definition) is 6. The van der Waals surface area contributed by atoms with Crippen LogP contribution in [0.15, 0.2) is 46.4 Å². The number of nitrogens with one attached hydrogen (secondary N) is 2. The zero-order valence-electron chi connectivity index (χ0n) is 17.8. The van der Waals surface area contributed by atoms with E-state index < -0.39 is 0 Å². The summed E-state index contributed by atoms with van der Waals surface area (Å²) in [7, 11) is 1.59. The van der Waals surface area contributed by atoms with Crippen molar-refractivity contribution in [3.05, 3.63) is 69.6 Å². The first-order chi connectivity index (χ1) is 15.0. The van der Waals surface area contributed by atoms with Crippen LogP contribution >= 0.6 is 11.3 Å². The molecule has 2 aromatic heterocycles. The SMILES string of the molecule is COCCN(Cc1nc(C(=O)NCc2ccco2)cs1)C(=O)Nc1c(C)cccc1C. The van der Waals surface area contributed by atoms with Gasteiger partial charge in [-0.2, -0.15) is 0 Å². The van der Waals surface area contributed by atoms with Gasteiger partial charge in [-0.15, -0.1) is 11.3 Å². The number of urea groups is 1. The number of anilines is 1. The van der Waals surface area contributed by atoms with Crippen molar-refractivity contribution in [3.8, 4) is 0 Å². The van der Waals surface area contributed by atoms with E-state index in [1.54, 1.807) is 35.8 Å². The number of aryl methyl sites for hydroxylation is 2. The number of para-hydroxylation sites is 1. The molecule has 2 N–H and O–H groups in total. The van der Waals surface area contributed by atoms with E-state index in [2.05, 4.69) is 15.6 Å². The topological polar surface area (TPSA) is 96.7 Å². The normalized spacial score (nSPS) is 10.7. The number of carbonyl (C=O) groups excluding carboxylic acids is 2. The summed E-state index contributed by atoms with van der Waals surface area (Å²) in [4.78, 5) is 31.3. The zero-order chi connectivity index (χ0) is 22.2. The number of hydrogen-bond donors (Lipinski definition) is 2. The van der Waals surface area contributed by atoms with Crippen LogP contribution in [-0.4, -0.2) is 42.1 Å². The molecular formula is C22H26N4O4S. The lowest BCUT2D eigenvalue weighted by atomic mass is 10.1. The standard InChI is InChI=1S/C22H26N4O4S/c1-15-6-4-7-16(2)20(15)25-22(28)26(9-11-29-3)13-19-24-18(14-31-19)21(27)23-12-17-8-5-10-30-17/h4-8,10,14H,9,11-13H2,1-3H3,(H,23,27)(H,25,28). The molecule has 0 unspecified atom stereocenters. The highest BCUT2D eigenvalue weighted by molar-refractivity contribution is 7.09. The number of benzene rings is 1. The van der Waals surface area contributed by atoms with Crippen LogP contribution in [0.3, 0.4) is 0 Å². The minimum absolute atomic E-state index is 0.242. The van der Waals surface area contributed by atoms with E-state index in [0.717, 1.165) is 16.8 Å². The van der Waals surface area contributed by atoms with Crippen LogP contribution in [0.5, 0.6) is 0 Å². The van der Waals surface area contributed by atoms with Crippen molar-refractivity contribution in [3.63, 3.8) is 0 Å². The van der Waals surface area contributed by atoms with Crippen LogP contribution in [0.2, 0.25) is 0 Å². The number of aromatic nitrogens is 1. The van der Waals surface area contributed by atoms with Crippen molar-refractivity contribution in [2.75, 3.05) is 25.6 Å². The fourth-order valence-corrected chi connectivity index (χ4v) is 3.76. The number of rotatable bonds is 9. The molecule has 0 radical (unpaired) electrons. The van der Waals surface area contributed by atoms with Crippen LogP contribution in [0.25, 0.3) is 0 Å². The number of carbonyl (C=O) groups is 2. The predicted molar refractivity (Wildman–Crippen MR) is 119 cm³/mol. The lowest BCUT2D eigenvalue weighted by Gasteiger charge is -2.23. The second kappa shape index (κ2) is 10.7. The highest BCUT2D eigenvalue weighted by atomic mass is 32.1.